The van der Waals surface area contributed by atoms with Gasteiger partial charge < -0.3 is 5.73 Å². The van der Waals surface area contributed by atoms with Gasteiger partial charge in [-0.05, 0) is 12.8 Å². The molecule has 0 bridgehead atoms. The Balaban J connectivity index is 3.46. The Morgan fingerprint density at radius 2 is 2.50 bits per heavy atom. The van der Waals surface area contributed by atoms with Crippen molar-refractivity contribution in [3.05, 3.63) is 0 Å². The average molecular weight is 192 g/mol. The van der Waals surface area contributed by atoms with Crippen LogP contribution in [0.1, 0.15) is 19.3 Å². The van der Waals surface area contributed by atoms with Gasteiger partial charge in [-0.3, -0.25) is 4.79 Å². The lowest BCUT2D eigenvalue weighted by Crippen LogP contribution is -2.20. The summed E-state index contributed by atoms with van der Waals surface area (Å²) in [6, 6.07) is 1.90. The van der Waals surface area contributed by atoms with Crippen molar-refractivity contribution in [2.45, 2.75) is 25.1 Å². The molecular formula is C8H13BN4O. The molecule has 5 nitrogen and oxygen atoms in total. The van der Waals surface area contributed by atoms with E-state index in [0.717, 1.165) is 0 Å². The van der Waals surface area contributed by atoms with E-state index < -0.39 is 5.82 Å². The monoisotopic (exact) mass is 192 g/mol. The Morgan fingerprint density at radius 3 is 3.07 bits per heavy atom. The standard InChI is InChI=1S/C8H13BN4O/c9-7(6-11)2-1-5-12-13-8(14)3-4-10/h5,7H,1-4,10H2,(H,13,14)/b12-5-. The van der Waals surface area contributed by atoms with Crippen LogP contribution >= 0.6 is 0 Å². The second kappa shape index (κ2) is 8.26. The third kappa shape index (κ3) is 7.31. The summed E-state index contributed by atoms with van der Waals surface area (Å²) in [4.78, 5) is 10.8. The number of hydrogen-bond donors (Lipinski definition) is 2. The first-order valence-corrected chi connectivity index (χ1v) is 4.36. The summed E-state index contributed by atoms with van der Waals surface area (Å²) in [6.07, 6.45) is 2.88. The number of nitriles is 1. The van der Waals surface area contributed by atoms with Gasteiger partial charge in [0.2, 0.25) is 5.91 Å². The van der Waals surface area contributed by atoms with Gasteiger partial charge in [-0.15, -0.1) is 0 Å². The number of carbonyl (C=O) groups excluding carboxylic acids is 1. The summed E-state index contributed by atoms with van der Waals surface area (Å²) in [7, 11) is 5.34. The zero-order valence-corrected chi connectivity index (χ0v) is 7.94. The Labute approximate surface area is 84.8 Å². The fourth-order valence-electron chi connectivity index (χ4n) is 0.688. The van der Waals surface area contributed by atoms with E-state index in [-0.39, 0.29) is 12.3 Å². The van der Waals surface area contributed by atoms with E-state index in [2.05, 4.69) is 10.5 Å². The van der Waals surface area contributed by atoms with Crippen LogP contribution in [0, 0.1) is 11.3 Å². The van der Waals surface area contributed by atoms with Crippen molar-refractivity contribution < 1.29 is 4.79 Å². The van der Waals surface area contributed by atoms with Crippen molar-refractivity contribution in [3.63, 3.8) is 0 Å². The second-order valence-corrected chi connectivity index (χ2v) is 2.70. The Hall–Kier alpha value is -1.35. The normalized spacial score (nSPS) is 12.3. The van der Waals surface area contributed by atoms with Crippen LogP contribution in [-0.4, -0.2) is 26.5 Å². The van der Waals surface area contributed by atoms with E-state index in [1.807, 2.05) is 6.07 Å². The molecule has 1 unspecified atom stereocenters. The molecule has 0 aliphatic rings. The predicted molar refractivity (Wildman–Crippen MR) is 54.7 cm³/mol. The first-order valence-electron chi connectivity index (χ1n) is 4.36. The predicted octanol–water partition coefficient (Wildman–Crippen LogP) is -0.302. The van der Waals surface area contributed by atoms with Gasteiger partial charge in [-0.25, -0.2) is 5.43 Å². The van der Waals surface area contributed by atoms with E-state index in [1.54, 1.807) is 0 Å². The van der Waals surface area contributed by atoms with Crippen molar-refractivity contribution >= 4 is 20.0 Å². The van der Waals surface area contributed by atoms with Crippen LogP contribution in [0.3, 0.4) is 0 Å². The molecule has 0 spiro atoms. The molecule has 0 aromatic carbocycles. The van der Waals surface area contributed by atoms with Gasteiger partial charge in [-0.2, -0.15) is 10.4 Å². The summed E-state index contributed by atoms with van der Waals surface area (Å²) >= 11 is 0. The first-order chi connectivity index (χ1) is 6.70. The third-order valence-corrected chi connectivity index (χ3v) is 1.42. The van der Waals surface area contributed by atoms with Crippen LogP contribution in [0.4, 0.5) is 0 Å². The molecule has 1 amide bonds. The van der Waals surface area contributed by atoms with Crippen molar-refractivity contribution in [2.24, 2.45) is 10.8 Å². The quantitative estimate of drug-likeness (QED) is 0.343. The molecule has 0 aliphatic heterocycles. The maximum Gasteiger partial charge on any atom is 0.241 e. The van der Waals surface area contributed by atoms with Crippen molar-refractivity contribution in [2.75, 3.05) is 6.54 Å². The van der Waals surface area contributed by atoms with Gasteiger partial charge >= 0.3 is 0 Å². The Morgan fingerprint density at radius 1 is 1.79 bits per heavy atom. The fraction of sp³-hybridized carbons (Fsp3) is 0.625. The Bertz CT molecular complexity index is 236. The number of hydrazone groups is 1. The largest absolute Gasteiger partial charge is 0.330 e. The summed E-state index contributed by atoms with van der Waals surface area (Å²) in [6.45, 7) is 0.306. The number of hydrogen-bond acceptors (Lipinski definition) is 4. The molecule has 14 heavy (non-hydrogen) atoms. The molecule has 74 valence electrons. The van der Waals surface area contributed by atoms with Crippen LogP contribution in [0.2, 0.25) is 5.82 Å². The zero-order valence-electron chi connectivity index (χ0n) is 7.94. The molecule has 0 saturated carbocycles. The number of nitrogens with one attached hydrogen (secondary N) is 1. The van der Waals surface area contributed by atoms with Crippen LogP contribution < -0.4 is 11.2 Å². The molecule has 0 aliphatic carbocycles. The summed E-state index contributed by atoms with van der Waals surface area (Å²) in [5.41, 5.74) is 7.45. The highest BCUT2D eigenvalue weighted by Gasteiger charge is 1.97. The van der Waals surface area contributed by atoms with E-state index in [0.29, 0.717) is 19.4 Å². The average Bonchev–Trinajstić information content (AvgIpc) is 2.17. The van der Waals surface area contributed by atoms with Crippen molar-refractivity contribution in [1.82, 2.24) is 5.43 Å². The molecular weight excluding hydrogens is 179 g/mol. The summed E-state index contributed by atoms with van der Waals surface area (Å²) in [5, 5.41) is 12.0. The topological polar surface area (TPSA) is 91.3 Å². The smallest absolute Gasteiger partial charge is 0.241 e. The van der Waals surface area contributed by atoms with Crippen LogP contribution in [-0.2, 0) is 4.79 Å². The highest BCUT2D eigenvalue weighted by Crippen LogP contribution is 2.03. The minimum atomic E-state index is -0.471. The van der Waals surface area contributed by atoms with Crippen molar-refractivity contribution in [1.29, 1.82) is 5.26 Å². The minimum Gasteiger partial charge on any atom is -0.330 e. The number of amides is 1. The van der Waals surface area contributed by atoms with Gasteiger partial charge in [-0.1, -0.05) is 0 Å². The fourth-order valence-corrected chi connectivity index (χ4v) is 0.688. The molecule has 0 aromatic heterocycles. The molecule has 0 saturated heterocycles. The van der Waals surface area contributed by atoms with Gasteiger partial charge in [0.25, 0.3) is 0 Å². The summed E-state index contributed by atoms with van der Waals surface area (Å²) in [5.74, 6) is -0.686. The molecule has 3 N–H and O–H groups in total. The lowest BCUT2D eigenvalue weighted by atomic mass is 9.85. The molecule has 0 heterocycles. The molecule has 0 rings (SSSR count). The number of nitrogens with zero attached hydrogens (tertiary/aromatic N) is 2. The van der Waals surface area contributed by atoms with Crippen LogP contribution in [0.5, 0.6) is 0 Å². The first kappa shape index (κ1) is 12.7. The highest BCUT2D eigenvalue weighted by molar-refractivity contribution is 6.13. The number of rotatable bonds is 6. The highest BCUT2D eigenvalue weighted by atomic mass is 16.2. The summed E-state index contributed by atoms with van der Waals surface area (Å²) < 4.78 is 0. The minimum absolute atomic E-state index is 0.215. The maximum atomic E-state index is 10.8. The van der Waals surface area contributed by atoms with Gasteiger partial charge in [0.05, 0.1) is 13.9 Å². The number of nitrogens with two attached hydrogens (primary N) is 1. The van der Waals surface area contributed by atoms with Crippen molar-refractivity contribution in [3.8, 4) is 6.07 Å². The molecule has 0 fully saturated rings. The van der Waals surface area contributed by atoms with Crippen LogP contribution in [0.15, 0.2) is 5.10 Å². The molecule has 2 radical (unpaired) electrons. The van der Waals surface area contributed by atoms with Gasteiger partial charge in [0, 0.05) is 25.0 Å². The molecule has 6 heteroatoms. The zero-order chi connectivity index (χ0) is 10.8. The lowest BCUT2D eigenvalue weighted by Gasteiger charge is -1.97. The van der Waals surface area contributed by atoms with Gasteiger partial charge in [0.15, 0.2) is 0 Å². The maximum absolute atomic E-state index is 10.8. The third-order valence-electron chi connectivity index (χ3n) is 1.42. The molecule has 1 atom stereocenters. The van der Waals surface area contributed by atoms with E-state index in [9.17, 15) is 4.79 Å². The Kier molecular flexibility index (Phi) is 7.47. The van der Waals surface area contributed by atoms with Gasteiger partial charge in [0.1, 0.15) is 0 Å². The number of carbonyl (C=O) groups is 1. The van der Waals surface area contributed by atoms with E-state index in [4.69, 9.17) is 18.8 Å². The lowest BCUT2D eigenvalue weighted by molar-refractivity contribution is -0.120. The van der Waals surface area contributed by atoms with E-state index >= 15 is 0 Å². The second-order valence-electron chi connectivity index (χ2n) is 2.70. The molecule has 0 aromatic rings. The SMILES string of the molecule is [B]C(C#N)CC/C=N\NC(=O)CCN. The van der Waals surface area contributed by atoms with Crippen LogP contribution in [0.25, 0.3) is 0 Å². The van der Waals surface area contributed by atoms with E-state index in [1.165, 1.54) is 6.21 Å².